The fourth-order valence-corrected chi connectivity index (χ4v) is 6.64. The zero-order valence-electron chi connectivity index (χ0n) is 22.9. The summed E-state index contributed by atoms with van der Waals surface area (Å²) in [6.07, 6.45) is 0. The summed E-state index contributed by atoms with van der Waals surface area (Å²) in [4.78, 5) is 0. The lowest BCUT2D eigenvalue weighted by atomic mass is 9.83. The molecule has 0 aliphatic rings. The van der Waals surface area contributed by atoms with Crippen molar-refractivity contribution in [1.29, 1.82) is 0 Å². The fourth-order valence-electron chi connectivity index (χ4n) is 6.64. The minimum atomic E-state index is 1.23. The van der Waals surface area contributed by atoms with E-state index in [2.05, 4.69) is 159 Å². The van der Waals surface area contributed by atoms with E-state index in [1.165, 1.54) is 82.0 Å². The molecule has 0 aromatic heterocycles. The Balaban J connectivity index is 1.52. The average molecular weight is 521 g/mol. The first kappa shape index (κ1) is 23.7. The molecule has 192 valence electrons. The SMILES string of the molecule is Cc1ccc2c(-c3cc4ccccc4c4ccccc34)c3ccccc3c(-c3cccc(-c4ccccc4)c3)c2c1. The van der Waals surface area contributed by atoms with Gasteiger partial charge in [-0.3, -0.25) is 0 Å². The summed E-state index contributed by atoms with van der Waals surface area (Å²) in [5.41, 5.74) is 8.87. The predicted molar refractivity (Wildman–Crippen MR) is 178 cm³/mol. The molecule has 0 aliphatic carbocycles. The highest BCUT2D eigenvalue weighted by atomic mass is 14.2. The molecule has 8 aromatic carbocycles. The minimum Gasteiger partial charge on any atom is -0.0622 e. The molecular weight excluding hydrogens is 492 g/mol. The molecule has 0 unspecified atom stereocenters. The summed E-state index contributed by atoms with van der Waals surface area (Å²) in [6.45, 7) is 2.20. The van der Waals surface area contributed by atoms with Crippen LogP contribution in [0.4, 0.5) is 0 Å². The fraction of sp³-hybridized carbons (Fsp3) is 0.0244. The van der Waals surface area contributed by atoms with Crippen molar-refractivity contribution in [2.75, 3.05) is 0 Å². The number of rotatable bonds is 3. The van der Waals surface area contributed by atoms with Crippen molar-refractivity contribution in [3.05, 3.63) is 157 Å². The Morgan fingerprint density at radius 3 is 1.71 bits per heavy atom. The van der Waals surface area contributed by atoms with Crippen LogP contribution in [0, 0.1) is 6.92 Å². The minimum absolute atomic E-state index is 1.23. The summed E-state index contributed by atoms with van der Waals surface area (Å²) in [5.74, 6) is 0. The molecule has 0 nitrogen and oxygen atoms in total. The second-order valence-corrected chi connectivity index (χ2v) is 11.0. The largest absolute Gasteiger partial charge is 0.0622 e. The molecule has 0 heteroatoms. The number of aryl methyl sites for hydroxylation is 1. The van der Waals surface area contributed by atoms with Gasteiger partial charge in [-0.15, -0.1) is 0 Å². The van der Waals surface area contributed by atoms with E-state index in [0.29, 0.717) is 0 Å². The molecule has 0 aliphatic heterocycles. The second-order valence-electron chi connectivity index (χ2n) is 11.0. The standard InChI is InChI=1S/C41H28/c1-27-22-23-37-38(24-27)40(31-16-11-15-29(25-31)28-12-3-2-4-13-28)35-20-9-10-21-36(35)41(37)39-26-30-14-5-6-17-32(30)33-18-7-8-19-34(33)39/h2-26H,1H3. The van der Waals surface area contributed by atoms with E-state index in [4.69, 9.17) is 0 Å². The van der Waals surface area contributed by atoms with Gasteiger partial charge in [-0.05, 0) is 95.5 Å². The Morgan fingerprint density at radius 2 is 0.902 bits per heavy atom. The first-order valence-corrected chi connectivity index (χ1v) is 14.3. The predicted octanol–water partition coefficient (Wildman–Crippen LogP) is 11.6. The van der Waals surface area contributed by atoms with Crippen LogP contribution in [0.25, 0.3) is 76.5 Å². The molecule has 0 N–H and O–H groups in total. The molecule has 41 heavy (non-hydrogen) atoms. The lowest BCUT2D eigenvalue weighted by molar-refractivity contribution is 1.51. The molecular formula is C41H28. The molecule has 0 bridgehead atoms. The van der Waals surface area contributed by atoms with Gasteiger partial charge in [0.15, 0.2) is 0 Å². The van der Waals surface area contributed by atoms with Crippen LogP contribution in [-0.4, -0.2) is 0 Å². The van der Waals surface area contributed by atoms with Crippen molar-refractivity contribution in [3.63, 3.8) is 0 Å². The van der Waals surface area contributed by atoms with Crippen LogP contribution in [0.1, 0.15) is 5.56 Å². The summed E-state index contributed by atoms with van der Waals surface area (Å²) < 4.78 is 0. The maximum atomic E-state index is 2.40. The van der Waals surface area contributed by atoms with Gasteiger partial charge >= 0.3 is 0 Å². The van der Waals surface area contributed by atoms with E-state index < -0.39 is 0 Å². The highest BCUT2D eigenvalue weighted by molar-refractivity contribution is 6.25. The summed E-state index contributed by atoms with van der Waals surface area (Å²) in [6, 6.07) is 55.6. The van der Waals surface area contributed by atoms with Crippen LogP contribution >= 0.6 is 0 Å². The molecule has 8 aromatic rings. The van der Waals surface area contributed by atoms with Gasteiger partial charge in [0.1, 0.15) is 0 Å². The monoisotopic (exact) mass is 520 g/mol. The number of benzene rings is 8. The van der Waals surface area contributed by atoms with Crippen molar-refractivity contribution in [1.82, 2.24) is 0 Å². The third-order valence-electron chi connectivity index (χ3n) is 8.48. The van der Waals surface area contributed by atoms with Gasteiger partial charge in [-0.1, -0.05) is 145 Å². The zero-order chi connectivity index (χ0) is 27.3. The Kier molecular flexibility index (Phi) is 5.47. The van der Waals surface area contributed by atoms with Crippen LogP contribution in [0.3, 0.4) is 0 Å². The van der Waals surface area contributed by atoms with Crippen molar-refractivity contribution in [2.24, 2.45) is 0 Å². The van der Waals surface area contributed by atoms with E-state index in [0.717, 1.165) is 0 Å². The number of fused-ring (bicyclic) bond motifs is 5. The van der Waals surface area contributed by atoms with Crippen molar-refractivity contribution in [2.45, 2.75) is 6.92 Å². The van der Waals surface area contributed by atoms with E-state index in [9.17, 15) is 0 Å². The van der Waals surface area contributed by atoms with Crippen LogP contribution in [0.15, 0.2) is 152 Å². The first-order chi connectivity index (χ1) is 20.3. The average Bonchev–Trinajstić information content (AvgIpc) is 3.04. The van der Waals surface area contributed by atoms with Gasteiger partial charge in [0.25, 0.3) is 0 Å². The molecule has 0 atom stereocenters. The first-order valence-electron chi connectivity index (χ1n) is 14.3. The maximum absolute atomic E-state index is 2.40. The van der Waals surface area contributed by atoms with Gasteiger partial charge in [0.2, 0.25) is 0 Å². The van der Waals surface area contributed by atoms with Crippen LogP contribution in [0.2, 0.25) is 0 Å². The third kappa shape index (κ3) is 3.84. The molecule has 0 spiro atoms. The van der Waals surface area contributed by atoms with E-state index in [1.54, 1.807) is 0 Å². The molecule has 0 saturated heterocycles. The van der Waals surface area contributed by atoms with Crippen LogP contribution < -0.4 is 0 Å². The quantitative estimate of drug-likeness (QED) is 0.160. The summed E-state index contributed by atoms with van der Waals surface area (Å²) in [7, 11) is 0. The molecule has 0 saturated carbocycles. The molecule has 0 fully saturated rings. The lowest BCUT2D eigenvalue weighted by Gasteiger charge is -2.20. The Bertz CT molecular complexity index is 2250. The van der Waals surface area contributed by atoms with Gasteiger partial charge in [0, 0.05) is 0 Å². The zero-order valence-corrected chi connectivity index (χ0v) is 22.9. The van der Waals surface area contributed by atoms with E-state index in [1.807, 2.05) is 0 Å². The maximum Gasteiger partial charge on any atom is -0.00199 e. The molecule has 0 radical (unpaired) electrons. The lowest BCUT2D eigenvalue weighted by Crippen LogP contribution is -1.93. The topological polar surface area (TPSA) is 0 Å². The molecule has 0 amide bonds. The number of hydrogen-bond donors (Lipinski definition) is 0. The third-order valence-corrected chi connectivity index (χ3v) is 8.48. The summed E-state index contributed by atoms with van der Waals surface area (Å²) >= 11 is 0. The van der Waals surface area contributed by atoms with Crippen molar-refractivity contribution in [3.8, 4) is 33.4 Å². The Hall–Kier alpha value is -5.20. The van der Waals surface area contributed by atoms with Gasteiger partial charge in [0.05, 0.1) is 0 Å². The Morgan fingerprint density at radius 1 is 0.317 bits per heavy atom. The Labute approximate surface area is 240 Å². The molecule has 8 rings (SSSR count). The van der Waals surface area contributed by atoms with Gasteiger partial charge < -0.3 is 0 Å². The second kappa shape index (κ2) is 9.47. The van der Waals surface area contributed by atoms with E-state index in [-0.39, 0.29) is 0 Å². The van der Waals surface area contributed by atoms with Crippen LogP contribution in [0.5, 0.6) is 0 Å². The number of hydrogen-bond acceptors (Lipinski definition) is 0. The van der Waals surface area contributed by atoms with Crippen molar-refractivity contribution < 1.29 is 0 Å². The van der Waals surface area contributed by atoms with Crippen molar-refractivity contribution >= 4 is 43.1 Å². The van der Waals surface area contributed by atoms with E-state index >= 15 is 0 Å². The van der Waals surface area contributed by atoms with Gasteiger partial charge in [-0.2, -0.15) is 0 Å². The van der Waals surface area contributed by atoms with Crippen LogP contribution in [-0.2, 0) is 0 Å². The highest BCUT2D eigenvalue weighted by Crippen LogP contribution is 2.47. The highest BCUT2D eigenvalue weighted by Gasteiger charge is 2.19. The summed E-state index contributed by atoms with van der Waals surface area (Å²) in [5, 5.41) is 10.3. The smallest absolute Gasteiger partial charge is 0.00199 e. The van der Waals surface area contributed by atoms with Gasteiger partial charge in [-0.25, -0.2) is 0 Å². The molecule has 0 heterocycles. The normalized spacial score (nSPS) is 11.5.